The fraction of sp³-hybridized carbons (Fsp3) is 0.294. The van der Waals surface area contributed by atoms with Crippen LogP contribution in [0.3, 0.4) is 0 Å². The van der Waals surface area contributed by atoms with Gasteiger partial charge in [0, 0.05) is 24.6 Å². The van der Waals surface area contributed by atoms with Crippen molar-refractivity contribution in [2.45, 2.75) is 26.8 Å². The number of anilines is 1. The van der Waals surface area contributed by atoms with E-state index in [9.17, 15) is 4.79 Å². The highest BCUT2D eigenvalue weighted by Crippen LogP contribution is 2.18. The smallest absolute Gasteiger partial charge is 0.322 e. The van der Waals surface area contributed by atoms with E-state index in [0.717, 1.165) is 17.7 Å². The molecule has 2 rings (SSSR count). The number of carbonyl (C=O) groups excluding carboxylic acids is 1. The van der Waals surface area contributed by atoms with Gasteiger partial charge in [-0.25, -0.2) is 4.79 Å². The average Bonchev–Trinajstić information content (AvgIpc) is 2.52. The Morgan fingerprint density at radius 3 is 2.62 bits per heavy atom. The molecule has 0 radical (unpaired) electrons. The summed E-state index contributed by atoms with van der Waals surface area (Å²) in [5, 5.41) is 2.93. The summed E-state index contributed by atoms with van der Waals surface area (Å²) < 4.78 is 0. The number of nitrogens with zero attached hydrogens (tertiary/aromatic N) is 2. The number of rotatable bonds is 5. The summed E-state index contributed by atoms with van der Waals surface area (Å²) in [6, 6.07) is 11.7. The van der Waals surface area contributed by atoms with Crippen molar-refractivity contribution < 1.29 is 4.79 Å². The number of urea groups is 1. The minimum absolute atomic E-state index is 0.0791. The third-order valence-corrected chi connectivity index (χ3v) is 3.18. The lowest BCUT2D eigenvalue weighted by Crippen LogP contribution is -2.40. The van der Waals surface area contributed by atoms with Gasteiger partial charge in [-0.3, -0.25) is 9.88 Å². The van der Waals surface area contributed by atoms with E-state index in [0.29, 0.717) is 13.1 Å². The molecular weight excluding hydrogens is 262 g/mol. The van der Waals surface area contributed by atoms with Gasteiger partial charge in [0.15, 0.2) is 0 Å². The highest BCUT2D eigenvalue weighted by molar-refractivity contribution is 5.91. The number of carbonyl (C=O) groups is 1. The number of pyridine rings is 1. The Bertz CT molecular complexity index is 566. The first kappa shape index (κ1) is 15.0. The van der Waals surface area contributed by atoms with Gasteiger partial charge in [0.05, 0.1) is 6.54 Å². The highest BCUT2D eigenvalue weighted by Gasteiger charge is 2.15. The van der Waals surface area contributed by atoms with Crippen LogP contribution in [0.1, 0.15) is 24.5 Å². The number of nitrogens with one attached hydrogen (secondary N) is 1. The summed E-state index contributed by atoms with van der Waals surface area (Å²) >= 11 is 0. The van der Waals surface area contributed by atoms with Gasteiger partial charge >= 0.3 is 6.03 Å². The summed E-state index contributed by atoms with van der Waals surface area (Å²) in [5.41, 5.74) is 3.07. The third kappa shape index (κ3) is 4.31. The number of hydrogen-bond acceptors (Lipinski definition) is 2. The molecule has 1 heterocycles. The van der Waals surface area contributed by atoms with Crippen molar-refractivity contribution in [3.63, 3.8) is 0 Å². The van der Waals surface area contributed by atoms with Crippen LogP contribution >= 0.6 is 0 Å². The molecule has 2 aromatic rings. The lowest BCUT2D eigenvalue weighted by Gasteiger charge is -2.23. The molecule has 0 spiro atoms. The van der Waals surface area contributed by atoms with Crippen LogP contribution in [0.2, 0.25) is 0 Å². The van der Waals surface area contributed by atoms with Gasteiger partial charge in [0.1, 0.15) is 0 Å². The number of amides is 2. The van der Waals surface area contributed by atoms with E-state index in [-0.39, 0.29) is 6.03 Å². The predicted octanol–water partition coefficient (Wildman–Crippen LogP) is 3.52. The molecule has 0 unspecified atom stereocenters. The molecule has 0 aliphatic rings. The van der Waals surface area contributed by atoms with Crippen molar-refractivity contribution in [1.29, 1.82) is 0 Å². The summed E-state index contributed by atoms with van der Waals surface area (Å²) in [7, 11) is 0. The van der Waals surface area contributed by atoms with Crippen molar-refractivity contribution in [3.05, 3.63) is 59.9 Å². The monoisotopic (exact) mass is 283 g/mol. The molecule has 1 aromatic heterocycles. The molecular formula is C17H21N3O. The Labute approximate surface area is 125 Å². The van der Waals surface area contributed by atoms with E-state index >= 15 is 0 Å². The predicted molar refractivity (Wildman–Crippen MR) is 85.3 cm³/mol. The highest BCUT2D eigenvalue weighted by atomic mass is 16.2. The normalized spacial score (nSPS) is 10.2. The second-order valence-corrected chi connectivity index (χ2v) is 5.01. The molecule has 2 amide bonds. The minimum atomic E-state index is -0.0791. The van der Waals surface area contributed by atoms with Gasteiger partial charge in [-0.2, -0.15) is 0 Å². The van der Waals surface area contributed by atoms with Crippen LogP contribution < -0.4 is 10.2 Å². The van der Waals surface area contributed by atoms with Gasteiger partial charge in [-0.05, 0) is 37.1 Å². The average molecular weight is 283 g/mol. The maximum absolute atomic E-state index is 12.4. The second-order valence-electron chi connectivity index (χ2n) is 5.01. The van der Waals surface area contributed by atoms with E-state index in [2.05, 4.69) is 10.3 Å². The van der Waals surface area contributed by atoms with E-state index in [4.69, 9.17) is 0 Å². The molecule has 0 saturated heterocycles. The number of benzene rings is 1. The fourth-order valence-corrected chi connectivity index (χ4v) is 2.01. The lowest BCUT2D eigenvalue weighted by atomic mass is 10.2. The number of aryl methyl sites for hydroxylation is 1. The maximum atomic E-state index is 12.4. The van der Waals surface area contributed by atoms with E-state index in [1.165, 1.54) is 5.56 Å². The summed E-state index contributed by atoms with van der Waals surface area (Å²) in [6.07, 6.45) is 4.44. The van der Waals surface area contributed by atoms with Crippen LogP contribution in [0.15, 0.2) is 48.8 Å². The van der Waals surface area contributed by atoms with E-state index < -0.39 is 0 Å². The van der Waals surface area contributed by atoms with Crippen molar-refractivity contribution >= 4 is 11.7 Å². The van der Waals surface area contributed by atoms with Crippen molar-refractivity contribution in [3.8, 4) is 0 Å². The van der Waals surface area contributed by atoms with Crippen LogP contribution in [0.25, 0.3) is 0 Å². The lowest BCUT2D eigenvalue weighted by molar-refractivity contribution is 0.246. The van der Waals surface area contributed by atoms with Crippen molar-refractivity contribution in [2.75, 3.05) is 11.4 Å². The molecule has 0 atom stereocenters. The summed E-state index contributed by atoms with van der Waals surface area (Å²) in [6.45, 7) is 5.25. The van der Waals surface area contributed by atoms with Gasteiger partial charge in [-0.15, -0.1) is 0 Å². The molecule has 4 nitrogen and oxygen atoms in total. The molecule has 1 aromatic carbocycles. The van der Waals surface area contributed by atoms with Gasteiger partial charge in [0.25, 0.3) is 0 Å². The summed E-state index contributed by atoms with van der Waals surface area (Å²) in [5.74, 6) is 0. The quantitative estimate of drug-likeness (QED) is 0.912. The van der Waals surface area contributed by atoms with E-state index in [1.807, 2.05) is 50.2 Å². The van der Waals surface area contributed by atoms with Crippen LogP contribution in [-0.2, 0) is 6.54 Å². The first-order valence-electron chi connectivity index (χ1n) is 7.21. The molecule has 21 heavy (non-hydrogen) atoms. The first-order valence-corrected chi connectivity index (χ1v) is 7.21. The fourth-order valence-electron chi connectivity index (χ4n) is 2.01. The Morgan fingerprint density at radius 1 is 1.24 bits per heavy atom. The Balaban J connectivity index is 2.21. The molecule has 1 N–H and O–H groups in total. The Kier molecular flexibility index (Phi) is 5.32. The van der Waals surface area contributed by atoms with E-state index in [1.54, 1.807) is 17.3 Å². The summed E-state index contributed by atoms with van der Waals surface area (Å²) in [4.78, 5) is 18.2. The van der Waals surface area contributed by atoms with Gasteiger partial charge in [-0.1, -0.05) is 30.7 Å². The molecule has 0 aliphatic heterocycles. The Hall–Kier alpha value is -2.36. The third-order valence-electron chi connectivity index (χ3n) is 3.18. The topological polar surface area (TPSA) is 45.2 Å². The van der Waals surface area contributed by atoms with Crippen LogP contribution in [0.5, 0.6) is 0 Å². The largest absolute Gasteiger partial charge is 0.338 e. The molecule has 4 heteroatoms. The van der Waals surface area contributed by atoms with Gasteiger partial charge < -0.3 is 5.32 Å². The Morgan fingerprint density at radius 2 is 2.00 bits per heavy atom. The van der Waals surface area contributed by atoms with Crippen molar-refractivity contribution in [1.82, 2.24) is 10.3 Å². The first-order chi connectivity index (χ1) is 10.2. The second kappa shape index (κ2) is 7.43. The molecule has 0 aliphatic carbocycles. The van der Waals surface area contributed by atoms with Crippen LogP contribution in [0, 0.1) is 6.92 Å². The number of aromatic nitrogens is 1. The molecule has 0 saturated carbocycles. The van der Waals surface area contributed by atoms with Crippen LogP contribution in [-0.4, -0.2) is 17.6 Å². The molecule has 110 valence electrons. The minimum Gasteiger partial charge on any atom is -0.338 e. The molecule has 0 bridgehead atoms. The number of hydrogen-bond donors (Lipinski definition) is 1. The standard InChI is InChI=1S/C17H21N3O/c1-3-10-19-17(21)20(13-15-5-4-11-18-12-15)16-8-6-14(2)7-9-16/h4-9,11-12H,3,10,13H2,1-2H3,(H,19,21). The maximum Gasteiger partial charge on any atom is 0.322 e. The zero-order valence-corrected chi connectivity index (χ0v) is 12.5. The molecule has 0 fully saturated rings. The van der Waals surface area contributed by atoms with Crippen molar-refractivity contribution in [2.24, 2.45) is 0 Å². The zero-order chi connectivity index (χ0) is 15.1. The van der Waals surface area contributed by atoms with Gasteiger partial charge in [0.2, 0.25) is 0 Å². The SMILES string of the molecule is CCCNC(=O)N(Cc1cccnc1)c1ccc(C)cc1. The zero-order valence-electron chi connectivity index (χ0n) is 12.5. The van der Waals surface area contributed by atoms with Crippen LogP contribution in [0.4, 0.5) is 10.5 Å².